The minimum atomic E-state index is -4.15. The van der Waals surface area contributed by atoms with Crippen molar-refractivity contribution in [1.29, 1.82) is 0 Å². The lowest BCUT2D eigenvalue weighted by molar-refractivity contribution is -0.123. The van der Waals surface area contributed by atoms with Crippen LogP contribution >= 0.6 is 22.7 Å². The van der Waals surface area contributed by atoms with Crippen LogP contribution in [0.15, 0.2) is 114 Å². The maximum Gasteiger partial charge on any atom is 0.407 e. The topological polar surface area (TPSA) is 167 Å². The Morgan fingerprint density at radius 2 is 1.76 bits per heavy atom. The Labute approximate surface area is 302 Å². The standard InChI is InChI=1S/C36H34N6O6S3/c1-48-35(45)41-33(32(24-8-4-2-5-9-24)25-10-6-3-7-11-25)34(44)37-20-26-12-15-31(50-26)36(17-30(36)43)42(21-23-18-39-40-19-23)51(46,47)27-13-14-29-28(16-27)38-22-49-29/h2-16,18-19,22,30,32-33,43H,17,20-21H2,1H3,(H,37,44)(H,39,40)(H,41,45)/t30-,33-,36?/m0/s1. The van der Waals surface area contributed by atoms with E-state index >= 15 is 0 Å². The van der Waals surface area contributed by atoms with Crippen molar-refractivity contribution in [2.45, 2.75) is 48.0 Å². The number of aliphatic hydroxyl groups is 1. The molecule has 3 aromatic heterocycles. The molecule has 1 fully saturated rings. The number of hydrogen-bond acceptors (Lipinski definition) is 10. The summed E-state index contributed by atoms with van der Waals surface area (Å²) in [4.78, 5) is 32.2. The molecule has 3 heterocycles. The molecule has 12 nitrogen and oxygen atoms in total. The number of H-pyrrole nitrogens is 1. The molecule has 6 aromatic rings. The van der Waals surface area contributed by atoms with E-state index in [-0.39, 0.29) is 24.4 Å². The van der Waals surface area contributed by atoms with E-state index in [0.717, 1.165) is 20.7 Å². The van der Waals surface area contributed by atoms with Gasteiger partial charge in [0.1, 0.15) is 6.04 Å². The summed E-state index contributed by atoms with van der Waals surface area (Å²) in [5.74, 6) is -0.962. The number of nitrogens with zero attached hydrogens (tertiary/aromatic N) is 3. The highest BCUT2D eigenvalue weighted by Crippen LogP contribution is 2.55. The van der Waals surface area contributed by atoms with E-state index in [1.807, 2.05) is 66.7 Å². The largest absolute Gasteiger partial charge is 0.453 e. The number of aliphatic hydroxyl groups excluding tert-OH is 1. The fourth-order valence-corrected chi connectivity index (χ4v) is 10.1. The lowest BCUT2D eigenvalue weighted by atomic mass is 9.84. The molecule has 0 spiro atoms. The number of alkyl carbamates (subject to hydrolysis) is 1. The number of ether oxygens (including phenoxy) is 1. The number of thiophene rings is 1. The molecule has 15 heteroatoms. The van der Waals surface area contributed by atoms with E-state index in [2.05, 4.69) is 25.8 Å². The lowest BCUT2D eigenvalue weighted by Crippen LogP contribution is -2.50. The summed E-state index contributed by atoms with van der Waals surface area (Å²) in [7, 11) is -2.90. The lowest BCUT2D eigenvalue weighted by Gasteiger charge is -2.30. The van der Waals surface area contributed by atoms with Crippen molar-refractivity contribution in [2.24, 2.45) is 0 Å². The Morgan fingerprint density at radius 3 is 2.39 bits per heavy atom. The molecule has 1 saturated carbocycles. The Morgan fingerprint density at radius 1 is 1.06 bits per heavy atom. The van der Waals surface area contributed by atoms with Gasteiger partial charge in [0.25, 0.3) is 0 Å². The third kappa shape index (κ3) is 6.90. The van der Waals surface area contributed by atoms with Crippen LogP contribution < -0.4 is 10.6 Å². The molecule has 1 unspecified atom stereocenters. The van der Waals surface area contributed by atoms with Gasteiger partial charge in [-0.1, -0.05) is 60.7 Å². The zero-order chi connectivity index (χ0) is 35.6. The van der Waals surface area contributed by atoms with Gasteiger partial charge < -0.3 is 20.5 Å². The zero-order valence-electron chi connectivity index (χ0n) is 27.3. The van der Waals surface area contributed by atoms with Crippen LogP contribution in [0.4, 0.5) is 4.79 Å². The van der Waals surface area contributed by atoms with Crippen molar-refractivity contribution < 1.29 is 27.9 Å². The number of aromatic amines is 1. The molecular weight excluding hydrogens is 709 g/mol. The molecule has 0 bridgehead atoms. The normalized spacial score (nSPS) is 17.8. The van der Waals surface area contributed by atoms with Crippen molar-refractivity contribution in [3.05, 3.63) is 135 Å². The van der Waals surface area contributed by atoms with E-state index in [9.17, 15) is 23.1 Å². The van der Waals surface area contributed by atoms with E-state index in [0.29, 0.717) is 16.0 Å². The highest BCUT2D eigenvalue weighted by Gasteiger charge is 2.63. The van der Waals surface area contributed by atoms with Crippen molar-refractivity contribution in [2.75, 3.05) is 7.11 Å². The predicted octanol–water partition coefficient (Wildman–Crippen LogP) is 5.10. The van der Waals surface area contributed by atoms with E-state index in [4.69, 9.17) is 4.74 Å². The molecule has 1 aliphatic carbocycles. The summed E-state index contributed by atoms with van der Waals surface area (Å²) >= 11 is 2.73. The van der Waals surface area contributed by atoms with Crippen LogP contribution in [0.3, 0.4) is 0 Å². The van der Waals surface area contributed by atoms with E-state index < -0.39 is 45.6 Å². The number of thiazole rings is 1. The molecule has 0 saturated heterocycles. The average molecular weight is 743 g/mol. The molecule has 2 amide bonds. The quantitative estimate of drug-likeness (QED) is 0.127. The van der Waals surface area contributed by atoms with Crippen molar-refractivity contribution in [1.82, 2.24) is 30.1 Å². The van der Waals surface area contributed by atoms with Crippen LogP contribution in [0.1, 0.15) is 38.8 Å². The molecule has 0 aliphatic heterocycles. The van der Waals surface area contributed by atoms with Gasteiger partial charge >= 0.3 is 6.09 Å². The number of hydrogen-bond donors (Lipinski definition) is 4. The van der Waals surface area contributed by atoms with Gasteiger partial charge in [0.15, 0.2) is 0 Å². The van der Waals surface area contributed by atoms with Crippen molar-refractivity contribution >= 4 is 54.9 Å². The minimum absolute atomic E-state index is 0.0315. The fourth-order valence-electron chi connectivity index (χ4n) is 6.36. The molecule has 0 radical (unpaired) electrons. The zero-order valence-corrected chi connectivity index (χ0v) is 29.8. The molecular formula is C36H34N6O6S3. The number of methoxy groups -OCH3 is 1. The number of benzene rings is 3. The van der Waals surface area contributed by atoms with Gasteiger partial charge in [-0.3, -0.25) is 9.89 Å². The van der Waals surface area contributed by atoms with Crippen LogP contribution in [0, 0.1) is 0 Å². The Bertz CT molecular complexity index is 2200. The molecule has 7 rings (SSSR count). The maximum atomic E-state index is 14.4. The first-order valence-electron chi connectivity index (χ1n) is 16.0. The van der Waals surface area contributed by atoms with Crippen molar-refractivity contribution in [3.8, 4) is 0 Å². The van der Waals surface area contributed by atoms with Gasteiger partial charge in [-0.25, -0.2) is 18.2 Å². The van der Waals surface area contributed by atoms with Gasteiger partial charge in [-0.15, -0.1) is 22.7 Å². The number of sulfonamides is 1. The fraction of sp³-hybridized carbons (Fsp3) is 0.222. The molecule has 3 atom stereocenters. The first-order valence-corrected chi connectivity index (χ1v) is 19.2. The minimum Gasteiger partial charge on any atom is -0.453 e. The van der Waals surface area contributed by atoms with Gasteiger partial charge in [-0.05, 0) is 41.5 Å². The van der Waals surface area contributed by atoms with Gasteiger partial charge in [0, 0.05) is 40.4 Å². The number of nitrogens with one attached hydrogen (secondary N) is 3. The molecule has 262 valence electrons. The first kappa shape index (κ1) is 34.5. The van der Waals surface area contributed by atoms with Crippen LogP contribution in [0.5, 0.6) is 0 Å². The Hall–Kier alpha value is -4.93. The summed E-state index contributed by atoms with van der Waals surface area (Å²) < 4.78 is 35.9. The average Bonchev–Trinajstić information content (AvgIpc) is 3.68. The number of fused-ring (bicyclic) bond motifs is 1. The number of amides is 2. The second-order valence-corrected chi connectivity index (χ2v) is 16.1. The van der Waals surface area contributed by atoms with E-state index in [1.54, 1.807) is 42.2 Å². The molecule has 3 aromatic carbocycles. The number of aromatic nitrogens is 3. The third-order valence-corrected chi connectivity index (χ3v) is 13.0. The summed E-state index contributed by atoms with van der Waals surface area (Å²) in [5.41, 5.74) is 3.30. The van der Waals surface area contributed by atoms with Crippen LogP contribution in [-0.4, -0.2) is 64.3 Å². The monoisotopic (exact) mass is 742 g/mol. The third-order valence-electron chi connectivity index (χ3n) is 9.03. The maximum absolute atomic E-state index is 14.4. The second-order valence-electron chi connectivity index (χ2n) is 12.1. The highest BCUT2D eigenvalue weighted by molar-refractivity contribution is 7.89. The Balaban J connectivity index is 1.17. The SMILES string of the molecule is COC(=O)N[C@H](C(=O)NCc1ccc(C2(N(Cc3cn[nH]c3)S(=O)(=O)c3ccc4scnc4c3)C[C@@H]2O)s1)C(c1ccccc1)c1ccccc1. The molecule has 4 N–H and O–H groups in total. The van der Waals surface area contributed by atoms with Crippen molar-refractivity contribution in [3.63, 3.8) is 0 Å². The molecule has 51 heavy (non-hydrogen) atoms. The molecule has 1 aliphatic rings. The summed E-state index contributed by atoms with van der Waals surface area (Å²) in [6, 6.07) is 26.3. The smallest absolute Gasteiger partial charge is 0.407 e. The first-order chi connectivity index (χ1) is 24.7. The number of rotatable bonds is 13. The van der Waals surface area contributed by atoms with Crippen LogP contribution in [0.25, 0.3) is 10.2 Å². The van der Waals surface area contributed by atoms with E-state index in [1.165, 1.54) is 34.1 Å². The van der Waals surface area contributed by atoms with Crippen LogP contribution in [-0.2, 0) is 38.2 Å². The van der Waals surface area contributed by atoms with Gasteiger partial charge in [0.2, 0.25) is 15.9 Å². The Kier molecular flexibility index (Phi) is 9.72. The van der Waals surface area contributed by atoms with Gasteiger partial charge in [-0.2, -0.15) is 9.40 Å². The number of carbonyl (C=O) groups is 2. The predicted molar refractivity (Wildman–Crippen MR) is 193 cm³/mol. The summed E-state index contributed by atoms with van der Waals surface area (Å²) in [5, 5.41) is 23.7. The second kappa shape index (κ2) is 14.4. The summed E-state index contributed by atoms with van der Waals surface area (Å²) in [6.45, 7) is 0.0660. The number of carbonyl (C=O) groups excluding carboxylic acids is 2. The highest BCUT2D eigenvalue weighted by atomic mass is 32.2. The van der Waals surface area contributed by atoms with Gasteiger partial charge in [0.05, 0.1) is 52.1 Å². The summed E-state index contributed by atoms with van der Waals surface area (Å²) in [6.07, 6.45) is 1.66. The van der Waals surface area contributed by atoms with Crippen LogP contribution in [0.2, 0.25) is 0 Å².